The Bertz CT molecular complexity index is 1090. The summed E-state index contributed by atoms with van der Waals surface area (Å²) in [6.45, 7) is 2.07. The van der Waals surface area contributed by atoms with Gasteiger partial charge in [-0.25, -0.2) is 8.42 Å². The third-order valence-corrected chi connectivity index (χ3v) is 6.87. The molecule has 0 saturated carbocycles. The lowest BCUT2D eigenvalue weighted by atomic mass is 9.99. The number of amides is 1. The SMILES string of the molecule is CN(C(=O)[C@H]1CCc2cc(NS(C)(=O)=O)ccc2O1)[C@H](CN1CC[C@H](O)C1)c1ccccc1. The number of likely N-dealkylation sites (N-methyl/N-ethyl adjacent to an activating group) is 1. The van der Waals surface area contributed by atoms with Crippen LogP contribution in [0.15, 0.2) is 48.5 Å². The second kappa shape index (κ2) is 9.70. The summed E-state index contributed by atoms with van der Waals surface area (Å²) >= 11 is 0. The highest BCUT2D eigenvalue weighted by atomic mass is 32.2. The van der Waals surface area contributed by atoms with E-state index in [1.807, 2.05) is 37.4 Å². The summed E-state index contributed by atoms with van der Waals surface area (Å²) in [5.74, 6) is 0.513. The first-order valence-electron chi connectivity index (χ1n) is 11.2. The number of β-amino-alcohol motifs (C(OH)–C–C–N with tert-alkyl or cyclic N) is 1. The smallest absolute Gasteiger partial charge is 0.263 e. The molecule has 1 fully saturated rings. The van der Waals surface area contributed by atoms with Crippen molar-refractivity contribution in [1.29, 1.82) is 0 Å². The summed E-state index contributed by atoms with van der Waals surface area (Å²) in [5, 5.41) is 9.93. The van der Waals surface area contributed by atoms with E-state index in [0.717, 1.165) is 30.3 Å². The van der Waals surface area contributed by atoms with Gasteiger partial charge in [0.25, 0.3) is 5.91 Å². The molecule has 2 aromatic carbocycles. The maximum atomic E-state index is 13.5. The van der Waals surface area contributed by atoms with Crippen LogP contribution in [0.25, 0.3) is 0 Å². The number of nitrogens with one attached hydrogen (secondary N) is 1. The van der Waals surface area contributed by atoms with Gasteiger partial charge >= 0.3 is 0 Å². The van der Waals surface area contributed by atoms with Crippen molar-refractivity contribution in [2.45, 2.75) is 37.5 Å². The minimum Gasteiger partial charge on any atom is -0.480 e. The molecule has 4 rings (SSSR count). The van der Waals surface area contributed by atoms with Crippen LogP contribution in [0.3, 0.4) is 0 Å². The predicted octanol–water partition coefficient (Wildman–Crippen LogP) is 2.02. The van der Waals surface area contributed by atoms with Crippen LogP contribution in [0.4, 0.5) is 5.69 Å². The van der Waals surface area contributed by atoms with Gasteiger partial charge in [0, 0.05) is 32.4 Å². The molecule has 1 saturated heterocycles. The van der Waals surface area contributed by atoms with E-state index in [4.69, 9.17) is 4.74 Å². The van der Waals surface area contributed by atoms with Crippen molar-refractivity contribution in [3.8, 4) is 5.75 Å². The number of fused-ring (bicyclic) bond motifs is 1. The number of aliphatic hydroxyl groups is 1. The van der Waals surface area contributed by atoms with E-state index in [0.29, 0.717) is 37.4 Å². The fourth-order valence-corrected chi connectivity index (χ4v) is 5.13. The van der Waals surface area contributed by atoms with E-state index < -0.39 is 16.1 Å². The number of aliphatic hydroxyl groups excluding tert-OH is 1. The molecule has 0 aliphatic carbocycles. The van der Waals surface area contributed by atoms with Crippen LogP contribution in [0, 0.1) is 0 Å². The second-order valence-corrected chi connectivity index (χ2v) is 10.7. The maximum absolute atomic E-state index is 13.5. The van der Waals surface area contributed by atoms with Crippen LogP contribution in [0.5, 0.6) is 5.75 Å². The van der Waals surface area contributed by atoms with E-state index in [-0.39, 0.29) is 18.1 Å². The highest BCUT2D eigenvalue weighted by molar-refractivity contribution is 7.92. The Morgan fingerprint density at radius 2 is 2.00 bits per heavy atom. The first-order valence-corrected chi connectivity index (χ1v) is 13.1. The van der Waals surface area contributed by atoms with Gasteiger partial charge in [0.2, 0.25) is 10.0 Å². The first-order chi connectivity index (χ1) is 15.7. The molecule has 0 radical (unpaired) electrons. The Labute approximate surface area is 195 Å². The van der Waals surface area contributed by atoms with Crippen LogP contribution in [-0.4, -0.2) is 74.4 Å². The molecule has 8 nitrogen and oxygen atoms in total. The number of aryl methyl sites for hydroxylation is 1. The quantitative estimate of drug-likeness (QED) is 0.638. The summed E-state index contributed by atoms with van der Waals surface area (Å²) in [6.07, 6.45) is 2.07. The molecule has 9 heteroatoms. The zero-order valence-electron chi connectivity index (χ0n) is 19.0. The Kier molecular flexibility index (Phi) is 6.92. The van der Waals surface area contributed by atoms with Gasteiger partial charge in [0.05, 0.1) is 18.4 Å². The van der Waals surface area contributed by atoms with Gasteiger partial charge < -0.3 is 14.7 Å². The molecule has 0 spiro atoms. The Hall–Kier alpha value is -2.62. The lowest BCUT2D eigenvalue weighted by Gasteiger charge is -2.35. The van der Waals surface area contributed by atoms with Crippen LogP contribution < -0.4 is 9.46 Å². The van der Waals surface area contributed by atoms with Crippen LogP contribution in [-0.2, 0) is 21.2 Å². The highest BCUT2D eigenvalue weighted by Crippen LogP contribution is 2.32. The van der Waals surface area contributed by atoms with Crippen molar-refractivity contribution in [3.05, 3.63) is 59.7 Å². The highest BCUT2D eigenvalue weighted by Gasteiger charge is 2.34. The number of rotatable bonds is 7. The molecular formula is C24H31N3O5S. The molecule has 2 heterocycles. The molecule has 0 aromatic heterocycles. The van der Waals surface area contributed by atoms with Gasteiger partial charge in [-0.05, 0) is 48.6 Å². The van der Waals surface area contributed by atoms with E-state index in [2.05, 4.69) is 9.62 Å². The Balaban J connectivity index is 1.49. The summed E-state index contributed by atoms with van der Waals surface area (Å²) < 4.78 is 31.5. The van der Waals surface area contributed by atoms with Gasteiger partial charge in [0.15, 0.2) is 6.10 Å². The van der Waals surface area contributed by atoms with Crippen LogP contribution >= 0.6 is 0 Å². The van der Waals surface area contributed by atoms with Crippen molar-refractivity contribution < 1.29 is 23.1 Å². The minimum atomic E-state index is -3.36. The first kappa shape index (κ1) is 23.5. The monoisotopic (exact) mass is 473 g/mol. The lowest BCUT2D eigenvalue weighted by molar-refractivity contribution is -0.140. The van der Waals surface area contributed by atoms with Gasteiger partial charge in [0.1, 0.15) is 5.75 Å². The van der Waals surface area contributed by atoms with E-state index >= 15 is 0 Å². The molecule has 178 valence electrons. The topological polar surface area (TPSA) is 99.2 Å². The Morgan fingerprint density at radius 1 is 1.24 bits per heavy atom. The van der Waals surface area contributed by atoms with Crippen molar-refractivity contribution in [2.75, 3.05) is 37.7 Å². The normalized spacial score (nSPS) is 21.7. The van der Waals surface area contributed by atoms with E-state index in [1.54, 1.807) is 23.1 Å². The predicted molar refractivity (Wildman–Crippen MR) is 127 cm³/mol. The summed E-state index contributed by atoms with van der Waals surface area (Å²) in [7, 11) is -1.55. The van der Waals surface area contributed by atoms with E-state index in [1.165, 1.54) is 0 Å². The second-order valence-electron chi connectivity index (χ2n) is 8.92. The third-order valence-electron chi connectivity index (χ3n) is 6.26. The molecule has 0 bridgehead atoms. The standard InChI is InChI=1S/C24H31N3O5S/c1-26(21(17-6-4-3-5-7-17)16-27-13-12-20(28)15-27)24(29)23-10-8-18-14-19(25-33(2,30)31)9-11-22(18)32-23/h3-7,9,11,14,20-21,23,25,28H,8,10,12-13,15-16H2,1-2H3/t20-,21+,23+/m0/s1. The number of anilines is 1. The number of likely N-dealkylation sites (tertiary alicyclic amines) is 1. The van der Waals surface area contributed by atoms with Crippen molar-refractivity contribution in [3.63, 3.8) is 0 Å². The Morgan fingerprint density at radius 3 is 2.67 bits per heavy atom. The maximum Gasteiger partial charge on any atom is 0.263 e. The summed E-state index contributed by atoms with van der Waals surface area (Å²) in [5.41, 5.74) is 2.40. The summed E-state index contributed by atoms with van der Waals surface area (Å²) in [4.78, 5) is 17.4. The third kappa shape index (κ3) is 5.85. The number of carbonyl (C=O) groups is 1. The average molecular weight is 474 g/mol. The minimum absolute atomic E-state index is 0.0902. The average Bonchev–Trinajstić information content (AvgIpc) is 3.20. The number of hydrogen-bond donors (Lipinski definition) is 2. The number of nitrogens with zero attached hydrogens (tertiary/aromatic N) is 2. The lowest BCUT2D eigenvalue weighted by Crippen LogP contribution is -2.46. The molecular weight excluding hydrogens is 442 g/mol. The van der Waals surface area contributed by atoms with Crippen molar-refractivity contribution in [1.82, 2.24) is 9.80 Å². The number of carbonyl (C=O) groups excluding carboxylic acids is 1. The molecule has 3 atom stereocenters. The van der Waals surface area contributed by atoms with Crippen LogP contribution in [0.1, 0.15) is 30.0 Å². The van der Waals surface area contributed by atoms with E-state index in [9.17, 15) is 18.3 Å². The summed E-state index contributed by atoms with van der Waals surface area (Å²) in [6, 6.07) is 14.9. The molecule has 2 N–H and O–H groups in total. The fraction of sp³-hybridized carbons (Fsp3) is 0.458. The zero-order valence-corrected chi connectivity index (χ0v) is 19.8. The van der Waals surface area contributed by atoms with Gasteiger partial charge in [-0.3, -0.25) is 14.4 Å². The fourth-order valence-electron chi connectivity index (χ4n) is 4.57. The molecule has 2 aromatic rings. The van der Waals surface area contributed by atoms with Crippen LogP contribution in [0.2, 0.25) is 0 Å². The van der Waals surface area contributed by atoms with Crippen molar-refractivity contribution in [2.24, 2.45) is 0 Å². The molecule has 33 heavy (non-hydrogen) atoms. The zero-order chi connectivity index (χ0) is 23.6. The molecule has 1 amide bonds. The van der Waals surface area contributed by atoms with Gasteiger partial charge in [-0.2, -0.15) is 0 Å². The van der Waals surface area contributed by atoms with Gasteiger partial charge in [-0.15, -0.1) is 0 Å². The molecule has 0 unspecified atom stereocenters. The number of ether oxygens (including phenoxy) is 1. The number of benzene rings is 2. The number of hydrogen-bond acceptors (Lipinski definition) is 6. The largest absolute Gasteiger partial charge is 0.480 e. The molecule has 2 aliphatic heterocycles. The molecule has 2 aliphatic rings. The van der Waals surface area contributed by atoms with Gasteiger partial charge in [-0.1, -0.05) is 30.3 Å². The number of sulfonamides is 1. The van der Waals surface area contributed by atoms with Crippen molar-refractivity contribution >= 4 is 21.6 Å².